The topological polar surface area (TPSA) is 82.2 Å². The lowest BCUT2D eigenvalue weighted by molar-refractivity contribution is -0.00983. The largest absolute Gasteiger partial charge is 0.465 e. The molecular weight excluding hydrogens is 442 g/mol. The molecule has 4 aliphatic rings. The van der Waals surface area contributed by atoms with E-state index in [1.807, 2.05) is 12.2 Å². The minimum absolute atomic E-state index is 0.0266. The van der Waals surface area contributed by atoms with Crippen molar-refractivity contribution in [2.45, 2.75) is 23.9 Å². The van der Waals surface area contributed by atoms with Crippen LogP contribution in [-0.2, 0) is 20.6 Å². The van der Waals surface area contributed by atoms with Gasteiger partial charge in [0.15, 0.2) is 11.6 Å². The fourth-order valence-electron chi connectivity index (χ4n) is 5.56. The number of amidine groups is 1. The molecule has 0 bridgehead atoms. The van der Waals surface area contributed by atoms with Crippen LogP contribution in [0.3, 0.4) is 0 Å². The van der Waals surface area contributed by atoms with Crippen molar-refractivity contribution in [3.8, 4) is 5.75 Å². The Morgan fingerprint density at radius 2 is 1.85 bits per heavy atom. The highest BCUT2D eigenvalue weighted by molar-refractivity contribution is 5.75. The molecule has 1 saturated heterocycles. The van der Waals surface area contributed by atoms with Crippen LogP contribution in [0.5, 0.6) is 5.75 Å². The number of aliphatic imine (C=N–C) groups is 1. The second kappa shape index (κ2) is 7.89. The monoisotopic (exact) mass is 466 g/mol. The number of nitrogens with two attached hydrogens (primary N) is 1. The summed E-state index contributed by atoms with van der Waals surface area (Å²) in [7, 11) is 0. The minimum atomic E-state index is -1.01. The van der Waals surface area contributed by atoms with Crippen molar-refractivity contribution >= 4 is 6.02 Å². The van der Waals surface area contributed by atoms with Crippen molar-refractivity contribution in [3.63, 3.8) is 0 Å². The molecule has 1 spiro atoms. The number of pyridine rings is 1. The molecule has 4 heterocycles. The predicted octanol–water partition coefficient (Wildman–Crippen LogP) is 3.12. The third-order valence-electron chi connectivity index (χ3n) is 7.13. The fraction of sp³-hybridized carbons (Fsp3) is 0.360. The van der Waals surface area contributed by atoms with E-state index in [1.165, 1.54) is 12.3 Å². The molecule has 1 aromatic heterocycles. The Bertz CT molecular complexity index is 1240. The smallest absolute Gasteiger partial charge is 0.283 e. The first-order valence-electron chi connectivity index (χ1n) is 11.4. The predicted molar refractivity (Wildman–Crippen MR) is 120 cm³/mol. The number of para-hydroxylation sites is 1. The summed E-state index contributed by atoms with van der Waals surface area (Å²) < 4.78 is 47.2. The molecule has 0 saturated carbocycles. The van der Waals surface area contributed by atoms with Gasteiger partial charge in [-0.05, 0) is 30.7 Å². The third kappa shape index (κ3) is 3.07. The van der Waals surface area contributed by atoms with Crippen LogP contribution >= 0.6 is 0 Å². The zero-order valence-electron chi connectivity index (χ0n) is 18.5. The van der Waals surface area contributed by atoms with Gasteiger partial charge in [-0.1, -0.05) is 18.2 Å². The van der Waals surface area contributed by atoms with E-state index in [4.69, 9.17) is 24.9 Å². The highest BCUT2D eigenvalue weighted by Crippen LogP contribution is 2.55. The first-order chi connectivity index (χ1) is 16.5. The molecule has 9 heteroatoms. The normalized spacial score (nSPS) is 28.6. The van der Waals surface area contributed by atoms with Crippen LogP contribution in [0.1, 0.15) is 24.0 Å². The first-order valence-corrected chi connectivity index (χ1v) is 11.4. The second-order valence-electron chi connectivity index (χ2n) is 8.82. The van der Waals surface area contributed by atoms with Gasteiger partial charge in [0, 0.05) is 42.4 Å². The Hall–Kier alpha value is -3.30. The van der Waals surface area contributed by atoms with Gasteiger partial charge in [-0.25, -0.2) is 14.4 Å². The van der Waals surface area contributed by atoms with Crippen LogP contribution in [0.25, 0.3) is 0 Å². The Morgan fingerprint density at radius 3 is 2.65 bits per heavy atom. The number of benzene rings is 1. The molecule has 2 atom stereocenters. The summed E-state index contributed by atoms with van der Waals surface area (Å²) in [5, 5.41) is 0. The average molecular weight is 466 g/mol. The van der Waals surface area contributed by atoms with Gasteiger partial charge >= 0.3 is 0 Å². The summed E-state index contributed by atoms with van der Waals surface area (Å²) in [6.45, 7) is 2.63. The van der Waals surface area contributed by atoms with Crippen molar-refractivity contribution < 1.29 is 23.0 Å². The van der Waals surface area contributed by atoms with Gasteiger partial charge in [-0.15, -0.1) is 0 Å². The Kier molecular flexibility index (Phi) is 4.93. The molecule has 7 nitrogen and oxygen atoms in total. The van der Waals surface area contributed by atoms with E-state index in [1.54, 1.807) is 24.3 Å². The molecule has 1 aliphatic carbocycles. The van der Waals surface area contributed by atoms with Crippen LogP contribution in [-0.4, -0.2) is 48.8 Å². The Balaban J connectivity index is 1.62. The highest BCUT2D eigenvalue weighted by Gasteiger charge is 2.52. The zero-order valence-corrected chi connectivity index (χ0v) is 18.5. The van der Waals surface area contributed by atoms with Gasteiger partial charge in [0.1, 0.15) is 11.3 Å². The molecule has 1 fully saturated rings. The zero-order chi connectivity index (χ0) is 23.3. The summed E-state index contributed by atoms with van der Waals surface area (Å²) in [5.74, 6) is -0.365. The quantitative estimate of drug-likeness (QED) is 0.685. The number of morpholine rings is 1. The molecule has 0 radical (unpaired) electrons. The standard InChI is InChI=1S/C25H24F2N4O3/c26-19-5-1-3-16-21(19)34-20-6-7-24(31-10-13-32-14-11-31,17-4-2-9-29-22(17)27)15-18(20)25(16)8-12-33-23(28)30-25/h1-6,9,15H,7-8,10-14H2,(H2,28,30)/t24?,25-/m1/s1. The van der Waals surface area contributed by atoms with E-state index < -0.39 is 22.8 Å². The van der Waals surface area contributed by atoms with E-state index in [2.05, 4.69) is 9.88 Å². The molecule has 3 aliphatic heterocycles. The maximum Gasteiger partial charge on any atom is 0.283 e. The lowest BCUT2D eigenvalue weighted by atomic mass is 9.70. The van der Waals surface area contributed by atoms with Crippen LogP contribution in [0, 0.1) is 11.8 Å². The number of halogens is 2. The average Bonchev–Trinajstić information content (AvgIpc) is 2.86. The lowest BCUT2D eigenvalue weighted by Crippen LogP contribution is -2.53. The number of fused-ring (bicyclic) bond motifs is 4. The van der Waals surface area contributed by atoms with Gasteiger partial charge < -0.3 is 19.9 Å². The number of rotatable bonds is 2. The molecule has 1 aromatic carbocycles. The van der Waals surface area contributed by atoms with E-state index >= 15 is 4.39 Å². The van der Waals surface area contributed by atoms with Crippen LogP contribution in [0.2, 0.25) is 0 Å². The maximum absolute atomic E-state index is 15.2. The van der Waals surface area contributed by atoms with Crippen molar-refractivity contribution in [2.75, 3.05) is 32.9 Å². The number of hydrogen-bond donors (Lipinski definition) is 1. The molecular formula is C25H24F2N4O3. The van der Waals surface area contributed by atoms with E-state index in [0.717, 1.165) is 5.57 Å². The molecule has 0 amide bonds. The summed E-state index contributed by atoms with van der Waals surface area (Å²) in [6.07, 6.45) is 6.21. The van der Waals surface area contributed by atoms with Crippen molar-refractivity contribution in [1.29, 1.82) is 0 Å². The van der Waals surface area contributed by atoms with Crippen molar-refractivity contribution in [1.82, 2.24) is 9.88 Å². The van der Waals surface area contributed by atoms with Crippen LogP contribution in [0.4, 0.5) is 8.78 Å². The number of aromatic nitrogens is 1. The SMILES string of the molecule is NC1=N[C@@]2(CCO1)C1=CC(c3cccnc3F)(N3CCOCC3)CC=C1Oc1c(F)cccc12. The molecule has 1 unspecified atom stereocenters. The Morgan fingerprint density at radius 1 is 1.03 bits per heavy atom. The maximum atomic E-state index is 15.2. The first kappa shape index (κ1) is 21.2. The summed E-state index contributed by atoms with van der Waals surface area (Å²) in [5.41, 5.74) is 5.95. The molecule has 176 valence electrons. The van der Waals surface area contributed by atoms with Gasteiger partial charge in [0.2, 0.25) is 5.95 Å². The molecule has 2 aromatic rings. The van der Waals surface area contributed by atoms with Gasteiger partial charge in [-0.3, -0.25) is 4.90 Å². The lowest BCUT2D eigenvalue weighted by Gasteiger charge is -2.49. The van der Waals surface area contributed by atoms with Crippen LogP contribution in [0.15, 0.2) is 65.0 Å². The fourth-order valence-corrected chi connectivity index (χ4v) is 5.56. The van der Waals surface area contributed by atoms with E-state index in [0.29, 0.717) is 62.6 Å². The number of ether oxygens (including phenoxy) is 3. The highest BCUT2D eigenvalue weighted by atomic mass is 19.1. The summed E-state index contributed by atoms with van der Waals surface area (Å²) in [4.78, 5) is 10.9. The minimum Gasteiger partial charge on any atom is -0.465 e. The van der Waals surface area contributed by atoms with Gasteiger partial charge in [-0.2, -0.15) is 4.39 Å². The van der Waals surface area contributed by atoms with E-state index in [9.17, 15) is 4.39 Å². The number of nitrogens with zero attached hydrogens (tertiary/aromatic N) is 3. The summed E-state index contributed by atoms with van der Waals surface area (Å²) >= 11 is 0. The molecule has 6 rings (SSSR count). The Labute approximate surface area is 195 Å². The van der Waals surface area contributed by atoms with Crippen molar-refractivity contribution in [2.24, 2.45) is 10.7 Å². The molecule has 2 N–H and O–H groups in total. The summed E-state index contributed by atoms with van der Waals surface area (Å²) in [6, 6.07) is 8.32. The van der Waals surface area contributed by atoms with Gasteiger partial charge in [0.25, 0.3) is 6.02 Å². The van der Waals surface area contributed by atoms with Crippen LogP contribution < -0.4 is 10.5 Å². The number of hydrogen-bond acceptors (Lipinski definition) is 7. The van der Waals surface area contributed by atoms with Gasteiger partial charge in [0.05, 0.1) is 25.4 Å². The van der Waals surface area contributed by atoms with E-state index in [-0.39, 0.29) is 11.8 Å². The second-order valence-corrected chi connectivity index (χ2v) is 8.82. The third-order valence-corrected chi connectivity index (χ3v) is 7.13. The van der Waals surface area contributed by atoms with Crippen molar-refractivity contribution in [3.05, 3.63) is 82.9 Å². The molecule has 34 heavy (non-hydrogen) atoms.